The minimum atomic E-state index is 0.162. The number of halogens is 1. The second-order valence-corrected chi connectivity index (χ2v) is 5.86. The van der Waals surface area contributed by atoms with Gasteiger partial charge in [0.05, 0.1) is 18.8 Å². The number of likely N-dealkylation sites (N-methyl/N-ethyl adjacent to an activating group) is 1. The first-order chi connectivity index (χ1) is 9.29. The van der Waals surface area contributed by atoms with Gasteiger partial charge in [0.1, 0.15) is 0 Å². The molecule has 2 saturated heterocycles. The molecule has 1 aromatic carbocycles. The van der Waals surface area contributed by atoms with Crippen LogP contribution in [0.5, 0.6) is 0 Å². The molecule has 2 aliphatic heterocycles. The maximum atomic E-state index is 6.32. The third-order valence-electron chi connectivity index (χ3n) is 4.34. The summed E-state index contributed by atoms with van der Waals surface area (Å²) in [5, 5.41) is 4.19. The van der Waals surface area contributed by atoms with E-state index >= 15 is 0 Å². The minimum absolute atomic E-state index is 0.162. The van der Waals surface area contributed by atoms with Gasteiger partial charge in [-0.15, -0.1) is 0 Å². The monoisotopic (exact) mass is 280 g/mol. The molecule has 3 rings (SSSR count). The summed E-state index contributed by atoms with van der Waals surface area (Å²) < 4.78 is 6.09. The zero-order valence-electron chi connectivity index (χ0n) is 11.3. The summed E-state index contributed by atoms with van der Waals surface area (Å²) in [6, 6.07) is 8.84. The van der Waals surface area contributed by atoms with Crippen LogP contribution in [0.1, 0.15) is 24.4 Å². The fourth-order valence-corrected chi connectivity index (χ4v) is 3.57. The van der Waals surface area contributed by atoms with Gasteiger partial charge in [-0.3, -0.25) is 4.90 Å². The predicted molar refractivity (Wildman–Crippen MR) is 77.6 cm³/mol. The summed E-state index contributed by atoms with van der Waals surface area (Å²) in [7, 11) is 1.98. The largest absolute Gasteiger partial charge is 0.373 e. The number of ether oxygens (including phenoxy) is 1. The molecule has 4 heteroatoms. The number of rotatable bonds is 3. The average molecular weight is 281 g/mol. The molecule has 19 heavy (non-hydrogen) atoms. The molecule has 0 saturated carbocycles. The zero-order chi connectivity index (χ0) is 13.2. The second kappa shape index (κ2) is 5.80. The van der Waals surface area contributed by atoms with E-state index in [0.29, 0.717) is 6.04 Å². The Morgan fingerprint density at radius 1 is 1.42 bits per heavy atom. The zero-order valence-corrected chi connectivity index (χ0v) is 12.1. The lowest BCUT2D eigenvalue weighted by Gasteiger charge is -2.39. The maximum absolute atomic E-state index is 6.32. The number of fused-ring (bicyclic) bond motifs is 1. The SMILES string of the molecule is CNC(c1ccccc1Cl)C1CN2CCCC2CO1. The summed E-state index contributed by atoms with van der Waals surface area (Å²) in [6.07, 6.45) is 2.76. The molecular weight excluding hydrogens is 260 g/mol. The van der Waals surface area contributed by atoms with Crippen LogP contribution in [0.25, 0.3) is 0 Å². The van der Waals surface area contributed by atoms with Crippen LogP contribution in [-0.2, 0) is 4.74 Å². The van der Waals surface area contributed by atoms with Crippen LogP contribution in [0.3, 0.4) is 0 Å². The van der Waals surface area contributed by atoms with E-state index in [1.54, 1.807) is 0 Å². The molecule has 2 fully saturated rings. The van der Waals surface area contributed by atoms with Gasteiger partial charge >= 0.3 is 0 Å². The van der Waals surface area contributed by atoms with Gasteiger partial charge in [0.25, 0.3) is 0 Å². The summed E-state index contributed by atoms with van der Waals surface area (Å²) in [6.45, 7) is 3.07. The first-order valence-electron chi connectivity index (χ1n) is 7.07. The van der Waals surface area contributed by atoms with E-state index < -0.39 is 0 Å². The smallest absolute Gasteiger partial charge is 0.0897 e. The van der Waals surface area contributed by atoms with Crippen LogP contribution in [0.4, 0.5) is 0 Å². The molecule has 0 aliphatic carbocycles. The molecule has 3 unspecified atom stereocenters. The van der Waals surface area contributed by atoms with Gasteiger partial charge in [-0.05, 0) is 38.1 Å². The van der Waals surface area contributed by atoms with Crippen LogP contribution >= 0.6 is 11.6 Å². The molecule has 2 aliphatic rings. The van der Waals surface area contributed by atoms with E-state index in [1.165, 1.54) is 19.4 Å². The Bertz CT molecular complexity index is 440. The van der Waals surface area contributed by atoms with Crippen molar-refractivity contribution >= 4 is 11.6 Å². The Morgan fingerprint density at radius 3 is 3.05 bits per heavy atom. The van der Waals surface area contributed by atoms with Crippen LogP contribution in [-0.4, -0.2) is 43.8 Å². The van der Waals surface area contributed by atoms with E-state index in [2.05, 4.69) is 16.3 Å². The summed E-state index contributed by atoms with van der Waals surface area (Å²) in [5.41, 5.74) is 1.13. The lowest BCUT2D eigenvalue weighted by atomic mass is 9.99. The van der Waals surface area contributed by atoms with Gasteiger partial charge in [-0.2, -0.15) is 0 Å². The lowest BCUT2D eigenvalue weighted by molar-refractivity contribution is -0.0642. The van der Waals surface area contributed by atoms with Crippen molar-refractivity contribution in [1.29, 1.82) is 0 Å². The molecule has 104 valence electrons. The molecule has 3 nitrogen and oxygen atoms in total. The van der Waals surface area contributed by atoms with Crippen LogP contribution in [0.15, 0.2) is 24.3 Å². The molecule has 1 N–H and O–H groups in total. The number of morpholine rings is 1. The molecule has 0 spiro atoms. The highest BCUT2D eigenvalue weighted by Crippen LogP contribution is 2.31. The van der Waals surface area contributed by atoms with Crippen LogP contribution < -0.4 is 5.32 Å². The quantitative estimate of drug-likeness (QED) is 0.921. The molecular formula is C15H21ClN2O. The Morgan fingerprint density at radius 2 is 2.26 bits per heavy atom. The van der Waals surface area contributed by atoms with E-state index in [4.69, 9.17) is 16.3 Å². The third-order valence-corrected chi connectivity index (χ3v) is 4.68. The molecule has 0 aromatic heterocycles. The van der Waals surface area contributed by atoms with E-state index in [9.17, 15) is 0 Å². The Hall–Kier alpha value is -0.610. The van der Waals surface area contributed by atoms with Gasteiger partial charge in [-0.25, -0.2) is 0 Å². The molecule has 0 amide bonds. The average Bonchev–Trinajstić information content (AvgIpc) is 2.89. The topological polar surface area (TPSA) is 24.5 Å². The van der Waals surface area contributed by atoms with Crippen molar-refractivity contribution in [1.82, 2.24) is 10.2 Å². The first kappa shape index (κ1) is 13.4. The van der Waals surface area contributed by atoms with Crippen molar-refractivity contribution in [2.45, 2.75) is 31.0 Å². The summed E-state index contributed by atoms with van der Waals surface area (Å²) in [5.74, 6) is 0. The van der Waals surface area contributed by atoms with E-state index in [-0.39, 0.29) is 12.1 Å². The van der Waals surface area contributed by atoms with Crippen molar-refractivity contribution in [3.63, 3.8) is 0 Å². The highest BCUT2D eigenvalue weighted by molar-refractivity contribution is 6.31. The molecule has 1 aromatic rings. The maximum Gasteiger partial charge on any atom is 0.0897 e. The lowest BCUT2D eigenvalue weighted by Crippen LogP contribution is -2.50. The Kier molecular flexibility index (Phi) is 4.08. The van der Waals surface area contributed by atoms with Gasteiger partial charge in [-0.1, -0.05) is 29.8 Å². The minimum Gasteiger partial charge on any atom is -0.373 e. The fraction of sp³-hybridized carbons (Fsp3) is 0.600. The van der Waals surface area contributed by atoms with Crippen molar-refractivity contribution in [2.24, 2.45) is 0 Å². The number of nitrogens with zero attached hydrogens (tertiary/aromatic N) is 1. The van der Waals surface area contributed by atoms with Crippen molar-refractivity contribution in [2.75, 3.05) is 26.7 Å². The predicted octanol–water partition coefficient (Wildman–Crippen LogP) is 2.46. The Balaban J connectivity index is 1.77. The number of benzene rings is 1. The molecule has 2 heterocycles. The molecule has 0 bridgehead atoms. The normalized spacial score (nSPS) is 29.2. The summed E-state index contributed by atoms with van der Waals surface area (Å²) in [4.78, 5) is 2.56. The number of nitrogens with one attached hydrogen (secondary N) is 1. The van der Waals surface area contributed by atoms with Gasteiger partial charge < -0.3 is 10.1 Å². The highest BCUT2D eigenvalue weighted by Gasteiger charge is 2.36. The number of hydrogen-bond donors (Lipinski definition) is 1. The highest BCUT2D eigenvalue weighted by atomic mass is 35.5. The Labute approximate surface area is 119 Å². The third kappa shape index (κ3) is 2.65. The standard InChI is InChI=1S/C15H21ClN2O/c1-17-15(12-6-2-3-7-13(12)16)14-9-18-8-4-5-11(18)10-19-14/h2-3,6-7,11,14-15,17H,4-5,8-10H2,1H3. The fourth-order valence-electron chi connectivity index (χ4n) is 3.31. The van der Waals surface area contributed by atoms with Crippen LogP contribution in [0.2, 0.25) is 5.02 Å². The second-order valence-electron chi connectivity index (χ2n) is 5.45. The summed E-state index contributed by atoms with van der Waals surface area (Å²) >= 11 is 6.32. The first-order valence-corrected chi connectivity index (χ1v) is 7.44. The van der Waals surface area contributed by atoms with E-state index in [1.807, 2.05) is 25.2 Å². The molecule has 0 radical (unpaired) electrons. The molecule has 3 atom stereocenters. The van der Waals surface area contributed by atoms with Crippen molar-refractivity contribution < 1.29 is 4.74 Å². The van der Waals surface area contributed by atoms with Gasteiger partial charge in [0.2, 0.25) is 0 Å². The van der Waals surface area contributed by atoms with E-state index in [0.717, 1.165) is 23.7 Å². The number of hydrogen-bond acceptors (Lipinski definition) is 3. The van der Waals surface area contributed by atoms with Gasteiger partial charge in [0, 0.05) is 17.6 Å². The van der Waals surface area contributed by atoms with Crippen molar-refractivity contribution in [3.05, 3.63) is 34.9 Å². The van der Waals surface area contributed by atoms with Crippen molar-refractivity contribution in [3.8, 4) is 0 Å². The van der Waals surface area contributed by atoms with Crippen LogP contribution in [0, 0.1) is 0 Å². The van der Waals surface area contributed by atoms with Gasteiger partial charge in [0.15, 0.2) is 0 Å².